The van der Waals surface area contributed by atoms with Crippen molar-refractivity contribution >= 4 is 0 Å². The molecule has 6 nitrogen and oxygen atoms in total. The van der Waals surface area contributed by atoms with Gasteiger partial charge in [0.25, 0.3) is 0 Å². The van der Waals surface area contributed by atoms with Gasteiger partial charge in [-0.15, -0.1) is 0 Å². The second-order valence-corrected chi connectivity index (χ2v) is 1.73. The zero-order valence-electron chi connectivity index (χ0n) is 6.40. The van der Waals surface area contributed by atoms with Gasteiger partial charge in [-0.2, -0.15) is 0 Å². The summed E-state index contributed by atoms with van der Waals surface area (Å²) in [5.41, 5.74) is 0. The Labute approximate surface area is 85.8 Å². The van der Waals surface area contributed by atoms with E-state index in [1.165, 1.54) is 0 Å². The minimum Gasteiger partial charge on any atom is -0.396 e. The first-order valence-corrected chi connectivity index (χ1v) is 3.18. The van der Waals surface area contributed by atoms with Gasteiger partial charge in [0, 0.05) is 13.2 Å². The monoisotopic (exact) mass is 273 g/mol. The van der Waals surface area contributed by atoms with Gasteiger partial charge in [-0.05, 0) is 19.3 Å². The molecule has 2 N–H and O–H groups in total. The zero-order chi connectivity index (χ0) is 9.11. The molecule has 0 aliphatic rings. The van der Waals surface area contributed by atoms with Crippen molar-refractivity contribution in [3.05, 3.63) is 15.3 Å². The molecule has 12 heavy (non-hydrogen) atoms. The molecule has 0 aromatic rings. The molecule has 0 fully saturated rings. The van der Waals surface area contributed by atoms with Crippen molar-refractivity contribution in [2.75, 3.05) is 13.2 Å². The fourth-order valence-electron chi connectivity index (χ4n) is 0.400. The van der Waals surface area contributed by atoms with Gasteiger partial charge in [0.15, 0.2) is 0 Å². The molecule has 0 unspecified atom stereocenters. The number of nitrogens with zero attached hydrogens (tertiary/aromatic N) is 1. The van der Waals surface area contributed by atoms with Gasteiger partial charge >= 0.3 is 22.4 Å². The van der Waals surface area contributed by atoms with E-state index < -0.39 is 5.09 Å². The van der Waals surface area contributed by atoms with E-state index in [0.717, 1.165) is 19.3 Å². The summed E-state index contributed by atoms with van der Waals surface area (Å²) in [5, 5.41) is 31.2. The van der Waals surface area contributed by atoms with Crippen LogP contribution in [-0.2, 0) is 22.4 Å². The van der Waals surface area contributed by atoms with Crippen LogP contribution in [-0.4, -0.2) is 28.5 Å². The van der Waals surface area contributed by atoms with Crippen molar-refractivity contribution in [2.45, 2.75) is 19.3 Å². The van der Waals surface area contributed by atoms with Crippen LogP contribution in [0.5, 0.6) is 0 Å². The van der Waals surface area contributed by atoms with Gasteiger partial charge < -0.3 is 25.5 Å². The first kappa shape index (κ1) is 17.8. The molecule has 0 aromatic heterocycles. The van der Waals surface area contributed by atoms with E-state index in [4.69, 9.17) is 25.5 Å². The largest absolute Gasteiger partial charge is 1.00 e. The van der Waals surface area contributed by atoms with E-state index in [9.17, 15) is 0 Å². The maximum absolute atomic E-state index is 8.25. The molecule has 0 atom stereocenters. The molecule has 0 saturated heterocycles. The van der Waals surface area contributed by atoms with Crippen molar-refractivity contribution in [1.82, 2.24) is 0 Å². The van der Waals surface area contributed by atoms with E-state index in [-0.39, 0.29) is 35.6 Å². The number of aliphatic hydroxyl groups is 2. The van der Waals surface area contributed by atoms with Gasteiger partial charge in [-0.3, -0.25) is 0 Å². The van der Waals surface area contributed by atoms with Crippen LogP contribution in [0.3, 0.4) is 0 Å². The summed E-state index contributed by atoms with van der Waals surface area (Å²) in [6, 6.07) is 0. The molecule has 0 rings (SSSR count). The first-order valence-electron chi connectivity index (χ1n) is 3.18. The van der Waals surface area contributed by atoms with E-state index in [2.05, 4.69) is 0 Å². The van der Waals surface area contributed by atoms with Gasteiger partial charge in [-0.1, -0.05) is 0 Å². The second-order valence-electron chi connectivity index (χ2n) is 1.73. The number of aliphatic hydroxyl groups excluding tert-OH is 2. The van der Waals surface area contributed by atoms with Crippen LogP contribution in [0.4, 0.5) is 0 Å². The summed E-state index contributed by atoms with van der Waals surface area (Å²) in [7, 11) is 0. The van der Waals surface area contributed by atoms with E-state index in [1.807, 2.05) is 0 Å². The molecule has 0 saturated carbocycles. The average Bonchev–Trinajstić information content (AvgIpc) is 1.88. The number of unbranched alkanes of at least 4 members (excludes halogenated alkanes) is 2. The summed E-state index contributed by atoms with van der Waals surface area (Å²) < 4.78 is 0. The normalized spacial score (nSPS) is 7.50. The molecule has 0 aliphatic carbocycles. The Balaban J connectivity index is -0.000000142. The van der Waals surface area contributed by atoms with Gasteiger partial charge in [-0.25, -0.2) is 0 Å². The molecule has 0 aromatic carbocycles. The average molecular weight is 274 g/mol. The summed E-state index contributed by atoms with van der Waals surface area (Å²) in [6.45, 7) is 0.500. The Morgan fingerprint density at radius 2 is 1.25 bits per heavy atom. The smallest absolute Gasteiger partial charge is 0.396 e. The molecular formula is C5H12AgNO5. The van der Waals surface area contributed by atoms with Crippen molar-refractivity contribution in [3.63, 3.8) is 0 Å². The molecule has 0 radical (unpaired) electrons. The molecule has 7 heteroatoms. The fraction of sp³-hybridized carbons (Fsp3) is 1.00. The minimum absolute atomic E-state index is 0. The molecule has 0 bridgehead atoms. The van der Waals surface area contributed by atoms with Crippen LogP contribution >= 0.6 is 0 Å². The summed E-state index contributed by atoms with van der Waals surface area (Å²) >= 11 is 0. The first-order chi connectivity index (χ1) is 5.15. The summed E-state index contributed by atoms with van der Waals surface area (Å²) in [5.74, 6) is 0. The van der Waals surface area contributed by atoms with E-state index in [1.54, 1.807) is 0 Å². The molecule has 0 spiro atoms. The van der Waals surface area contributed by atoms with Crippen molar-refractivity contribution < 1.29 is 37.7 Å². The third-order valence-corrected chi connectivity index (χ3v) is 0.816. The Hall–Kier alpha value is -0.140. The number of hydrogen-bond acceptors (Lipinski definition) is 5. The third-order valence-electron chi connectivity index (χ3n) is 0.816. The Bertz CT molecular complexity index is 83.9. The fourth-order valence-corrected chi connectivity index (χ4v) is 0.400. The van der Waals surface area contributed by atoms with Crippen LogP contribution in [0.2, 0.25) is 0 Å². The quantitative estimate of drug-likeness (QED) is 0.322. The standard InChI is InChI=1S/C5H12O2.Ag.NO3/c6-4-2-1-3-5-7;;2-1(3)4/h6-7H,1-5H2;;/q;+1;-1. The van der Waals surface area contributed by atoms with Crippen LogP contribution in [0.15, 0.2) is 0 Å². The summed E-state index contributed by atoms with van der Waals surface area (Å²) in [4.78, 5) is 8.25. The predicted molar refractivity (Wildman–Crippen MR) is 38.4 cm³/mol. The Kier molecular flexibility index (Phi) is 25.4. The zero-order valence-corrected chi connectivity index (χ0v) is 7.89. The van der Waals surface area contributed by atoms with Crippen molar-refractivity contribution in [1.29, 1.82) is 0 Å². The van der Waals surface area contributed by atoms with Crippen LogP contribution in [0.1, 0.15) is 19.3 Å². The van der Waals surface area contributed by atoms with Gasteiger partial charge in [0.2, 0.25) is 0 Å². The van der Waals surface area contributed by atoms with Crippen LogP contribution in [0, 0.1) is 15.3 Å². The Morgan fingerprint density at radius 1 is 1.00 bits per heavy atom. The van der Waals surface area contributed by atoms with Crippen molar-refractivity contribution in [2.24, 2.45) is 0 Å². The molecule has 0 amide bonds. The summed E-state index contributed by atoms with van der Waals surface area (Å²) in [6.07, 6.45) is 2.58. The van der Waals surface area contributed by atoms with E-state index in [0.29, 0.717) is 0 Å². The van der Waals surface area contributed by atoms with E-state index >= 15 is 0 Å². The number of hydrogen-bond donors (Lipinski definition) is 2. The third kappa shape index (κ3) is 51.9. The molecular weight excluding hydrogens is 262 g/mol. The molecule has 0 heterocycles. The van der Waals surface area contributed by atoms with Gasteiger partial charge in [0.05, 0.1) is 5.09 Å². The molecule has 0 aliphatic heterocycles. The SMILES string of the molecule is O=[N+]([O-])[O-].OCCCCCO.[Ag+]. The predicted octanol–water partition coefficient (Wildman–Crippen LogP) is -0.100. The van der Waals surface area contributed by atoms with Crippen LogP contribution < -0.4 is 0 Å². The molecule has 78 valence electrons. The number of rotatable bonds is 4. The van der Waals surface area contributed by atoms with Crippen LogP contribution in [0.25, 0.3) is 0 Å². The maximum Gasteiger partial charge on any atom is 1.00 e. The minimum atomic E-state index is -1.75. The maximum atomic E-state index is 8.25. The van der Waals surface area contributed by atoms with Crippen molar-refractivity contribution in [3.8, 4) is 0 Å². The topological polar surface area (TPSA) is 107 Å². The Morgan fingerprint density at radius 3 is 1.42 bits per heavy atom. The van der Waals surface area contributed by atoms with Gasteiger partial charge in [0.1, 0.15) is 0 Å². The second kappa shape index (κ2) is 17.1.